The highest BCUT2D eigenvalue weighted by atomic mass is 79.9. The standard InChI is InChI=1S/C12H11BrF3NO2/c13-10-7-8(17-5-3-9(18)4-6-17)1-2-11(10)19-12(14,15)16/h1-2,7H,3-6H2. The van der Waals surface area contributed by atoms with E-state index in [0.29, 0.717) is 25.9 Å². The van der Waals surface area contributed by atoms with Crippen LogP contribution in [-0.2, 0) is 4.79 Å². The van der Waals surface area contributed by atoms with Crippen LogP contribution in [0.2, 0.25) is 0 Å². The van der Waals surface area contributed by atoms with Crippen LogP contribution in [-0.4, -0.2) is 25.2 Å². The molecule has 0 aliphatic carbocycles. The molecule has 1 heterocycles. The van der Waals surface area contributed by atoms with Crippen molar-refractivity contribution >= 4 is 27.4 Å². The molecular weight excluding hydrogens is 327 g/mol. The molecule has 7 heteroatoms. The van der Waals surface area contributed by atoms with Gasteiger partial charge in [0.2, 0.25) is 0 Å². The first kappa shape index (κ1) is 14.2. The lowest BCUT2D eigenvalue weighted by atomic mass is 10.1. The van der Waals surface area contributed by atoms with Crippen molar-refractivity contribution in [3.8, 4) is 5.75 Å². The molecule has 1 aromatic carbocycles. The molecule has 1 saturated heterocycles. The van der Waals surface area contributed by atoms with Gasteiger partial charge in [-0.05, 0) is 34.1 Å². The SMILES string of the molecule is O=C1CCN(c2ccc(OC(F)(F)F)c(Br)c2)CC1. The van der Waals surface area contributed by atoms with Crippen LogP contribution in [0.1, 0.15) is 12.8 Å². The number of carbonyl (C=O) groups excluding carboxylic acids is 1. The summed E-state index contributed by atoms with van der Waals surface area (Å²) in [5, 5.41) is 0. The lowest BCUT2D eigenvalue weighted by Crippen LogP contribution is -2.33. The number of Topliss-reactive ketones (excluding diaryl/α,β-unsaturated/α-hetero) is 1. The van der Waals surface area contributed by atoms with Gasteiger partial charge in [-0.25, -0.2) is 0 Å². The smallest absolute Gasteiger partial charge is 0.405 e. The fraction of sp³-hybridized carbons (Fsp3) is 0.417. The molecular formula is C12H11BrF3NO2. The van der Waals surface area contributed by atoms with Gasteiger partial charge >= 0.3 is 6.36 Å². The van der Waals surface area contributed by atoms with Crippen molar-refractivity contribution < 1.29 is 22.7 Å². The molecule has 3 nitrogen and oxygen atoms in total. The Morgan fingerprint density at radius 1 is 1.21 bits per heavy atom. The molecule has 1 aromatic rings. The van der Waals surface area contributed by atoms with Gasteiger partial charge in [-0.1, -0.05) is 0 Å². The number of hydrogen-bond donors (Lipinski definition) is 0. The maximum absolute atomic E-state index is 12.1. The third kappa shape index (κ3) is 3.86. The Bertz CT molecular complexity index is 480. The maximum atomic E-state index is 12.1. The van der Waals surface area contributed by atoms with Crippen molar-refractivity contribution in [3.63, 3.8) is 0 Å². The van der Waals surface area contributed by atoms with Gasteiger partial charge in [-0.3, -0.25) is 4.79 Å². The van der Waals surface area contributed by atoms with Crippen LogP contribution in [0.3, 0.4) is 0 Å². The summed E-state index contributed by atoms with van der Waals surface area (Å²) in [6.45, 7) is 1.18. The van der Waals surface area contributed by atoms with Crippen molar-refractivity contribution in [1.82, 2.24) is 0 Å². The first-order valence-electron chi connectivity index (χ1n) is 5.67. The average molecular weight is 338 g/mol. The number of halogens is 4. The van der Waals surface area contributed by atoms with Crippen molar-refractivity contribution in [2.45, 2.75) is 19.2 Å². The van der Waals surface area contributed by atoms with Crippen molar-refractivity contribution in [1.29, 1.82) is 0 Å². The predicted molar refractivity (Wildman–Crippen MR) is 67.3 cm³/mol. The summed E-state index contributed by atoms with van der Waals surface area (Å²) in [6, 6.07) is 4.39. The number of benzene rings is 1. The predicted octanol–water partition coefficient (Wildman–Crippen LogP) is 3.52. The van der Waals surface area contributed by atoms with Gasteiger partial charge in [-0.15, -0.1) is 13.2 Å². The molecule has 0 spiro atoms. The number of rotatable bonds is 2. The third-order valence-electron chi connectivity index (χ3n) is 2.83. The molecule has 1 fully saturated rings. The minimum absolute atomic E-state index is 0.215. The van der Waals surface area contributed by atoms with E-state index in [2.05, 4.69) is 20.7 Å². The zero-order valence-corrected chi connectivity index (χ0v) is 11.4. The van der Waals surface area contributed by atoms with Crippen LogP contribution in [0.25, 0.3) is 0 Å². The van der Waals surface area contributed by atoms with Crippen LogP contribution in [0.5, 0.6) is 5.75 Å². The molecule has 0 atom stereocenters. The number of piperidine rings is 1. The molecule has 0 N–H and O–H groups in total. The van der Waals surface area contributed by atoms with Gasteiger partial charge in [0, 0.05) is 31.6 Å². The zero-order chi connectivity index (χ0) is 14.0. The molecule has 0 saturated carbocycles. The number of hydrogen-bond acceptors (Lipinski definition) is 3. The molecule has 0 unspecified atom stereocenters. The number of nitrogens with zero attached hydrogens (tertiary/aromatic N) is 1. The van der Waals surface area contributed by atoms with E-state index in [0.717, 1.165) is 5.69 Å². The lowest BCUT2D eigenvalue weighted by molar-refractivity contribution is -0.274. The van der Waals surface area contributed by atoms with E-state index in [-0.39, 0.29) is 16.0 Å². The number of alkyl halides is 3. The van der Waals surface area contributed by atoms with E-state index in [1.165, 1.54) is 6.07 Å². The first-order chi connectivity index (χ1) is 8.85. The monoisotopic (exact) mass is 337 g/mol. The van der Waals surface area contributed by atoms with E-state index in [9.17, 15) is 18.0 Å². The number of ketones is 1. The first-order valence-corrected chi connectivity index (χ1v) is 6.46. The Labute approximate surface area is 116 Å². The minimum atomic E-state index is -4.71. The van der Waals surface area contributed by atoms with Gasteiger partial charge in [0.25, 0.3) is 0 Å². The normalized spacial score (nSPS) is 16.6. The topological polar surface area (TPSA) is 29.5 Å². The Kier molecular flexibility index (Phi) is 4.03. The summed E-state index contributed by atoms with van der Waals surface area (Å²) < 4.78 is 40.5. The third-order valence-corrected chi connectivity index (χ3v) is 3.45. The highest BCUT2D eigenvalue weighted by Crippen LogP contribution is 2.34. The van der Waals surface area contributed by atoms with Crippen LogP contribution in [0.4, 0.5) is 18.9 Å². The van der Waals surface area contributed by atoms with Crippen molar-refractivity contribution in [3.05, 3.63) is 22.7 Å². The summed E-state index contributed by atoms with van der Waals surface area (Å²) in [5.41, 5.74) is 0.772. The molecule has 1 aliphatic heterocycles. The van der Waals surface area contributed by atoms with Crippen LogP contribution in [0, 0.1) is 0 Å². The minimum Gasteiger partial charge on any atom is -0.405 e. The fourth-order valence-corrected chi connectivity index (χ4v) is 2.36. The molecule has 19 heavy (non-hydrogen) atoms. The largest absolute Gasteiger partial charge is 0.573 e. The maximum Gasteiger partial charge on any atom is 0.573 e. The molecule has 2 rings (SSSR count). The van der Waals surface area contributed by atoms with Crippen molar-refractivity contribution in [2.24, 2.45) is 0 Å². The summed E-state index contributed by atoms with van der Waals surface area (Å²) in [6.07, 6.45) is -3.77. The number of carbonyl (C=O) groups is 1. The van der Waals surface area contributed by atoms with E-state index < -0.39 is 6.36 Å². The molecule has 0 radical (unpaired) electrons. The fourth-order valence-electron chi connectivity index (χ4n) is 1.91. The zero-order valence-electron chi connectivity index (χ0n) is 9.84. The Morgan fingerprint density at radius 3 is 2.37 bits per heavy atom. The van der Waals surface area contributed by atoms with Crippen molar-refractivity contribution in [2.75, 3.05) is 18.0 Å². The number of ether oxygens (including phenoxy) is 1. The second-order valence-corrected chi connectivity index (χ2v) is 5.04. The quantitative estimate of drug-likeness (QED) is 0.826. The van der Waals surface area contributed by atoms with Gasteiger partial charge in [-0.2, -0.15) is 0 Å². The molecule has 0 bridgehead atoms. The van der Waals surface area contributed by atoms with Crippen LogP contribution >= 0.6 is 15.9 Å². The summed E-state index contributed by atoms with van der Waals surface area (Å²) in [7, 11) is 0. The van der Waals surface area contributed by atoms with Gasteiger partial charge in [0.15, 0.2) is 0 Å². The van der Waals surface area contributed by atoms with Gasteiger partial charge in [0.1, 0.15) is 11.5 Å². The molecule has 0 aromatic heterocycles. The van der Waals surface area contributed by atoms with Crippen LogP contribution in [0.15, 0.2) is 22.7 Å². The summed E-state index contributed by atoms with van der Waals surface area (Å²) >= 11 is 3.06. The summed E-state index contributed by atoms with van der Waals surface area (Å²) in [4.78, 5) is 13.1. The van der Waals surface area contributed by atoms with Gasteiger partial charge in [0.05, 0.1) is 4.47 Å². The van der Waals surface area contributed by atoms with E-state index in [1.807, 2.05) is 4.90 Å². The van der Waals surface area contributed by atoms with E-state index >= 15 is 0 Å². The van der Waals surface area contributed by atoms with E-state index in [4.69, 9.17) is 0 Å². The number of anilines is 1. The Balaban J connectivity index is 2.12. The van der Waals surface area contributed by atoms with E-state index in [1.54, 1.807) is 12.1 Å². The second-order valence-electron chi connectivity index (χ2n) is 4.19. The average Bonchev–Trinajstić information content (AvgIpc) is 2.31. The second kappa shape index (κ2) is 5.40. The highest BCUT2D eigenvalue weighted by molar-refractivity contribution is 9.10. The highest BCUT2D eigenvalue weighted by Gasteiger charge is 2.32. The van der Waals surface area contributed by atoms with Gasteiger partial charge < -0.3 is 9.64 Å². The molecule has 1 aliphatic rings. The lowest BCUT2D eigenvalue weighted by Gasteiger charge is -2.28. The Hall–Kier alpha value is -1.24. The van der Waals surface area contributed by atoms with Crippen LogP contribution < -0.4 is 9.64 Å². The summed E-state index contributed by atoms with van der Waals surface area (Å²) in [5.74, 6) is -0.0586. The molecule has 0 amide bonds. The molecule has 104 valence electrons. The Morgan fingerprint density at radius 2 is 1.84 bits per heavy atom.